The Morgan fingerprint density at radius 1 is 1.16 bits per heavy atom. The summed E-state index contributed by atoms with van der Waals surface area (Å²) in [5, 5.41) is 0. The maximum absolute atomic E-state index is 13.0. The van der Waals surface area contributed by atoms with Gasteiger partial charge in [0.15, 0.2) is 0 Å². The summed E-state index contributed by atoms with van der Waals surface area (Å²) in [5.41, 5.74) is 11.0. The number of carbonyl (C=O) groups is 1. The number of benzene rings is 2. The van der Waals surface area contributed by atoms with Crippen molar-refractivity contribution in [3.8, 4) is 0 Å². The number of aromatic nitrogens is 2. The Morgan fingerprint density at radius 2 is 2.00 bits per heavy atom. The zero-order chi connectivity index (χ0) is 17.2. The van der Waals surface area contributed by atoms with Crippen molar-refractivity contribution >= 4 is 22.6 Å². The van der Waals surface area contributed by atoms with E-state index in [1.807, 2.05) is 35.2 Å². The van der Waals surface area contributed by atoms with Gasteiger partial charge in [0.1, 0.15) is 5.69 Å². The molecule has 0 atom stereocenters. The van der Waals surface area contributed by atoms with Gasteiger partial charge in [-0.25, -0.2) is 4.98 Å². The van der Waals surface area contributed by atoms with Crippen LogP contribution in [0, 0.1) is 0 Å². The molecule has 3 aromatic rings. The van der Waals surface area contributed by atoms with Crippen LogP contribution in [-0.2, 0) is 12.8 Å². The molecule has 2 aromatic carbocycles. The van der Waals surface area contributed by atoms with Gasteiger partial charge in [0.2, 0.25) is 0 Å². The van der Waals surface area contributed by atoms with Gasteiger partial charge in [0, 0.05) is 12.2 Å². The number of anilines is 1. The largest absolute Gasteiger partial charge is 0.330 e. The standard InChI is InChI=1S/C20H20N4O/c21-10-9-14-7-8-19-15(12-14)4-3-11-24(19)20(25)18-13-22-16-5-1-2-6-17(16)23-18/h1-2,5-8,12-13H,3-4,9-11,21H2. The average Bonchev–Trinajstić information content (AvgIpc) is 2.66. The van der Waals surface area contributed by atoms with E-state index in [-0.39, 0.29) is 5.91 Å². The fraction of sp³-hybridized carbons (Fsp3) is 0.250. The molecule has 0 radical (unpaired) electrons. The van der Waals surface area contributed by atoms with E-state index >= 15 is 0 Å². The van der Waals surface area contributed by atoms with Gasteiger partial charge in [-0.05, 0) is 55.1 Å². The lowest BCUT2D eigenvalue weighted by molar-refractivity contribution is 0.0980. The Morgan fingerprint density at radius 3 is 2.84 bits per heavy atom. The lowest BCUT2D eigenvalue weighted by atomic mass is 9.98. The first-order chi connectivity index (χ1) is 12.3. The number of hydrogen-bond donors (Lipinski definition) is 1. The molecule has 1 amide bonds. The lowest BCUT2D eigenvalue weighted by Crippen LogP contribution is -2.36. The van der Waals surface area contributed by atoms with E-state index in [0.29, 0.717) is 18.8 Å². The molecule has 1 aliphatic rings. The van der Waals surface area contributed by atoms with Crippen LogP contribution in [0.3, 0.4) is 0 Å². The van der Waals surface area contributed by atoms with Crippen molar-refractivity contribution < 1.29 is 4.79 Å². The van der Waals surface area contributed by atoms with Crippen LogP contribution < -0.4 is 10.6 Å². The molecule has 0 aliphatic carbocycles. The Labute approximate surface area is 146 Å². The molecule has 0 saturated carbocycles. The average molecular weight is 332 g/mol. The molecule has 25 heavy (non-hydrogen) atoms. The summed E-state index contributed by atoms with van der Waals surface area (Å²) in [6.07, 6.45) is 4.37. The molecule has 0 fully saturated rings. The van der Waals surface area contributed by atoms with Gasteiger partial charge in [-0.15, -0.1) is 0 Å². The molecule has 0 unspecified atom stereocenters. The molecule has 1 aliphatic heterocycles. The Bertz CT molecular complexity index is 938. The van der Waals surface area contributed by atoms with Crippen molar-refractivity contribution in [1.82, 2.24) is 9.97 Å². The zero-order valence-corrected chi connectivity index (χ0v) is 14.0. The van der Waals surface area contributed by atoms with Crippen LogP contribution in [0.15, 0.2) is 48.7 Å². The second-order valence-corrected chi connectivity index (χ2v) is 6.31. The Balaban J connectivity index is 1.68. The zero-order valence-electron chi connectivity index (χ0n) is 14.0. The molecular weight excluding hydrogens is 312 g/mol. The second-order valence-electron chi connectivity index (χ2n) is 6.31. The summed E-state index contributed by atoms with van der Waals surface area (Å²) in [7, 11) is 0. The van der Waals surface area contributed by atoms with Crippen LogP contribution >= 0.6 is 0 Å². The second kappa shape index (κ2) is 6.61. The van der Waals surface area contributed by atoms with Crippen LogP contribution in [-0.4, -0.2) is 29.0 Å². The maximum Gasteiger partial charge on any atom is 0.278 e. The Kier molecular flexibility index (Phi) is 4.15. The molecule has 4 rings (SSSR count). The van der Waals surface area contributed by atoms with E-state index in [1.54, 1.807) is 6.20 Å². The molecule has 5 heteroatoms. The third-order valence-electron chi connectivity index (χ3n) is 4.61. The first kappa shape index (κ1) is 15.7. The molecule has 2 N–H and O–H groups in total. The van der Waals surface area contributed by atoms with Gasteiger partial charge in [-0.2, -0.15) is 0 Å². The van der Waals surface area contributed by atoms with Gasteiger partial charge < -0.3 is 10.6 Å². The highest BCUT2D eigenvalue weighted by molar-refractivity contribution is 6.06. The highest BCUT2D eigenvalue weighted by Crippen LogP contribution is 2.29. The number of hydrogen-bond acceptors (Lipinski definition) is 4. The number of carbonyl (C=O) groups excluding carboxylic acids is 1. The van der Waals surface area contributed by atoms with Gasteiger partial charge in [-0.3, -0.25) is 9.78 Å². The summed E-state index contributed by atoms with van der Waals surface area (Å²) in [6.45, 7) is 1.34. The van der Waals surface area contributed by atoms with Crippen molar-refractivity contribution in [2.45, 2.75) is 19.3 Å². The fourth-order valence-electron chi connectivity index (χ4n) is 3.38. The van der Waals surface area contributed by atoms with Gasteiger partial charge in [0.25, 0.3) is 5.91 Å². The van der Waals surface area contributed by atoms with Crippen molar-refractivity contribution in [2.75, 3.05) is 18.0 Å². The lowest BCUT2D eigenvalue weighted by Gasteiger charge is -2.29. The van der Waals surface area contributed by atoms with Crippen molar-refractivity contribution in [3.63, 3.8) is 0 Å². The molecule has 0 bridgehead atoms. The first-order valence-corrected chi connectivity index (χ1v) is 8.62. The number of para-hydroxylation sites is 2. The molecule has 0 saturated heterocycles. The topological polar surface area (TPSA) is 72.1 Å². The minimum Gasteiger partial charge on any atom is -0.330 e. The quantitative estimate of drug-likeness (QED) is 0.800. The van der Waals surface area contributed by atoms with E-state index in [1.165, 1.54) is 11.1 Å². The molecule has 5 nitrogen and oxygen atoms in total. The van der Waals surface area contributed by atoms with E-state index in [4.69, 9.17) is 5.73 Å². The first-order valence-electron chi connectivity index (χ1n) is 8.62. The van der Waals surface area contributed by atoms with Gasteiger partial charge >= 0.3 is 0 Å². The fourth-order valence-corrected chi connectivity index (χ4v) is 3.38. The SMILES string of the molecule is NCCc1ccc2c(c1)CCCN2C(=O)c1cnc2ccccc2n1. The summed E-state index contributed by atoms with van der Waals surface area (Å²) >= 11 is 0. The number of nitrogens with two attached hydrogens (primary N) is 1. The minimum absolute atomic E-state index is 0.0919. The number of nitrogens with zero attached hydrogens (tertiary/aromatic N) is 3. The normalized spacial score (nSPS) is 13.7. The predicted molar refractivity (Wildman–Crippen MR) is 98.7 cm³/mol. The number of aryl methyl sites for hydroxylation is 1. The van der Waals surface area contributed by atoms with E-state index in [0.717, 1.165) is 36.0 Å². The molecular formula is C20H20N4O. The smallest absolute Gasteiger partial charge is 0.278 e. The highest BCUT2D eigenvalue weighted by Gasteiger charge is 2.25. The van der Waals surface area contributed by atoms with E-state index < -0.39 is 0 Å². The number of fused-ring (bicyclic) bond motifs is 2. The molecule has 0 spiro atoms. The number of amides is 1. The third kappa shape index (κ3) is 2.98. The minimum atomic E-state index is -0.0919. The van der Waals surface area contributed by atoms with Crippen LogP contribution in [0.25, 0.3) is 11.0 Å². The summed E-state index contributed by atoms with van der Waals surface area (Å²) in [4.78, 5) is 23.7. The molecule has 126 valence electrons. The Hall–Kier alpha value is -2.79. The van der Waals surface area contributed by atoms with E-state index in [2.05, 4.69) is 22.1 Å². The third-order valence-corrected chi connectivity index (χ3v) is 4.61. The van der Waals surface area contributed by atoms with Crippen LogP contribution in [0.4, 0.5) is 5.69 Å². The van der Waals surface area contributed by atoms with Crippen molar-refractivity contribution in [1.29, 1.82) is 0 Å². The monoisotopic (exact) mass is 332 g/mol. The summed E-state index contributed by atoms with van der Waals surface area (Å²) in [5.74, 6) is -0.0919. The van der Waals surface area contributed by atoms with Crippen LogP contribution in [0.5, 0.6) is 0 Å². The predicted octanol–water partition coefficient (Wildman–Crippen LogP) is 2.72. The van der Waals surface area contributed by atoms with Gasteiger partial charge in [0.05, 0.1) is 17.2 Å². The van der Waals surface area contributed by atoms with Crippen molar-refractivity contribution in [3.05, 3.63) is 65.5 Å². The molecule has 2 heterocycles. The highest BCUT2D eigenvalue weighted by atomic mass is 16.2. The molecule has 1 aromatic heterocycles. The van der Waals surface area contributed by atoms with Crippen molar-refractivity contribution in [2.24, 2.45) is 5.73 Å². The van der Waals surface area contributed by atoms with Crippen LogP contribution in [0.2, 0.25) is 0 Å². The van der Waals surface area contributed by atoms with Gasteiger partial charge in [-0.1, -0.05) is 24.3 Å². The maximum atomic E-state index is 13.0. The van der Waals surface area contributed by atoms with Crippen LogP contribution in [0.1, 0.15) is 28.0 Å². The number of rotatable bonds is 3. The summed E-state index contributed by atoms with van der Waals surface area (Å²) < 4.78 is 0. The van der Waals surface area contributed by atoms with E-state index in [9.17, 15) is 4.79 Å². The summed E-state index contributed by atoms with van der Waals surface area (Å²) in [6, 6.07) is 13.9.